The van der Waals surface area contributed by atoms with Crippen molar-refractivity contribution in [3.05, 3.63) is 51.2 Å². The standard InChI is InChI=1S/C15H16ClNO2S/c1-10(11-6-4-5-7-12(11)19-3)17(2)15(18)13-8-9-14(16)20-13/h4-10H,1-3H3/t10-/m0/s1. The average Bonchev–Trinajstić information content (AvgIpc) is 2.91. The van der Waals surface area contributed by atoms with Crippen molar-refractivity contribution in [3.63, 3.8) is 0 Å². The molecule has 2 rings (SSSR count). The molecule has 0 spiro atoms. The molecule has 1 amide bonds. The second-order valence-electron chi connectivity index (χ2n) is 4.44. The van der Waals surface area contributed by atoms with Gasteiger partial charge in [-0.15, -0.1) is 11.3 Å². The van der Waals surface area contributed by atoms with Gasteiger partial charge in [-0.3, -0.25) is 4.79 Å². The van der Waals surface area contributed by atoms with Crippen LogP contribution in [-0.4, -0.2) is 25.0 Å². The van der Waals surface area contributed by atoms with Gasteiger partial charge in [0.05, 0.1) is 22.4 Å². The molecule has 3 nitrogen and oxygen atoms in total. The van der Waals surface area contributed by atoms with Crippen LogP contribution in [0, 0.1) is 0 Å². The van der Waals surface area contributed by atoms with E-state index in [0.717, 1.165) is 11.3 Å². The summed E-state index contributed by atoms with van der Waals surface area (Å²) in [5, 5.41) is 0. The zero-order chi connectivity index (χ0) is 14.7. The normalized spacial score (nSPS) is 12.0. The Morgan fingerprint density at radius 1 is 1.30 bits per heavy atom. The fourth-order valence-corrected chi connectivity index (χ4v) is 3.03. The summed E-state index contributed by atoms with van der Waals surface area (Å²) in [6.07, 6.45) is 0. The minimum Gasteiger partial charge on any atom is -0.496 e. The predicted molar refractivity (Wildman–Crippen MR) is 82.8 cm³/mol. The van der Waals surface area contributed by atoms with Gasteiger partial charge in [0.2, 0.25) is 0 Å². The lowest BCUT2D eigenvalue weighted by molar-refractivity contribution is 0.0746. The smallest absolute Gasteiger partial charge is 0.264 e. The van der Waals surface area contributed by atoms with E-state index < -0.39 is 0 Å². The van der Waals surface area contributed by atoms with Crippen LogP contribution in [0.5, 0.6) is 5.75 Å². The number of rotatable bonds is 4. The Bertz CT molecular complexity index is 611. The molecular weight excluding hydrogens is 294 g/mol. The second-order valence-corrected chi connectivity index (χ2v) is 6.15. The lowest BCUT2D eigenvalue weighted by Crippen LogP contribution is -2.29. The first-order valence-electron chi connectivity index (χ1n) is 6.20. The number of thiophene rings is 1. The Labute approximate surface area is 127 Å². The Hall–Kier alpha value is -1.52. The Kier molecular flexibility index (Phi) is 4.68. The van der Waals surface area contributed by atoms with Crippen molar-refractivity contribution < 1.29 is 9.53 Å². The van der Waals surface area contributed by atoms with Gasteiger partial charge in [0, 0.05) is 12.6 Å². The minimum absolute atomic E-state index is 0.0414. The molecule has 5 heteroatoms. The van der Waals surface area contributed by atoms with Crippen LogP contribution in [0.1, 0.15) is 28.2 Å². The van der Waals surface area contributed by atoms with Crippen LogP contribution >= 0.6 is 22.9 Å². The van der Waals surface area contributed by atoms with Crippen LogP contribution in [0.3, 0.4) is 0 Å². The van der Waals surface area contributed by atoms with Crippen LogP contribution in [-0.2, 0) is 0 Å². The molecule has 0 fully saturated rings. The molecule has 1 atom stereocenters. The largest absolute Gasteiger partial charge is 0.496 e. The molecule has 0 N–H and O–H groups in total. The Morgan fingerprint density at radius 2 is 2.00 bits per heavy atom. The molecule has 0 bridgehead atoms. The van der Waals surface area contributed by atoms with Crippen LogP contribution in [0.2, 0.25) is 4.34 Å². The fourth-order valence-electron chi connectivity index (χ4n) is 2.00. The number of nitrogens with zero attached hydrogens (tertiary/aromatic N) is 1. The Balaban J connectivity index is 2.24. The van der Waals surface area contributed by atoms with E-state index in [4.69, 9.17) is 16.3 Å². The van der Waals surface area contributed by atoms with E-state index >= 15 is 0 Å². The summed E-state index contributed by atoms with van der Waals surface area (Å²) in [5.74, 6) is 0.740. The number of hydrogen-bond acceptors (Lipinski definition) is 3. The highest BCUT2D eigenvalue weighted by molar-refractivity contribution is 7.17. The quantitative estimate of drug-likeness (QED) is 0.845. The molecule has 1 heterocycles. The summed E-state index contributed by atoms with van der Waals surface area (Å²) in [6, 6.07) is 11.1. The van der Waals surface area contributed by atoms with E-state index in [2.05, 4.69) is 0 Å². The van der Waals surface area contributed by atoms with Crippen molar-refractivity contribution in [1.82, 2.24) is 4.90 Å². The molecule has 20 heavy (non-hydrogen) atoms. The molecular formula is C15H16ClNO2S. The molecule has 0 unspecified atom stereocenters. The summed E-state index contributed by atoms with van der Waals surface area (Å²) < 4.78 is 5.97. The zero-order valence-corrected chi connectivity index (χ0v) is 13.2. The molecule has 1 aromatic heterocycles. The third kappa shape index (κ3) is 2.97. The maximum absolute atomic E-state index is 12.4. The minimum atomic E-state index is -0.0838. The van der Waals surface area contributed by atoms with Crippen LogP contribution in [0.15, 0.2) is 36.4 Å². The van der Waals surface area contributed by atoms with E-state index in [1.54, 1.807) is 31.2 Å². The van der Waals surface area contributed by atoms with E-state index in [-0.39, 0.29) is 11.9 Å². The lowest BCUT2D eigenvalue weighted by atomic mass is 10.1. The number of benzene rings is 1. The summed E-state index contributed by atoms with van der Waals surface area (Å²) in [5.41, 5.74) is 0.980. The molecule has 1 aromatic carbocycles. The van der Waals surface area contributed by atoms with E-state index in [1.807, 2.05) is 31.2 Å². The van der Waals surface area contributed by atoms with Crippen LogP contribution in [0.4, 0.5) is 0 Å². The number of amides is 1. The number of hydrogen-bond donors (Lipinski definition) is 0. The van der Waals surface area contributed by atoms with E-state index in [1.165, 1.54) is 11.3 Å². The maximum atomic E-state index is 12.4. The Morgan fingerprint density at radius 3 is 2.60 bits per heavy atom. The van der Waals surface area contributed by atoms with Crippen molar-refractivity contribution in [1.29, 1.82) is 0 Å². The van der Waals surface area contributed by atoms with Gasteiger partial charge in [0.15, 0.2) is 0 Å². The molecule has 2 aromatic rings. The zero-order valence-electron chi connectivity index (χ0n) is 11.6. The fraction of sp³-hybridized carbons (Fsp3) is 0.267. The second kappa shape index (κ2) is 6.29. The van der Waals surface area contributed by atoms with Gasteiger partial charge in [-0.2, -0.15) is 0 Å². The molecule has 0 aliphatic carbocycles. The van der Waals surface area contributed by atoms with Gasteiger partial charge < -0.3 is 9.64 Å². The molecule has 0 radical (unpaired) electrons. The molecule has 0 saturated carbocycles. The van der Waals surface area contributed by atoms with E-state index in [0.29, 0.717) is 9.21 Å². The first kappa shape index (κ1) is 14.9. The number of carbonyl (C=O) groups excluding carboxylic acids is 1. The van der Waals surface area contributed by atoms with Crippen molar-refractivity contribution in [2.24, 2.45) is 0 Å². The van der Waals surface area contributed by atoms with E-state index in [9.17, 15) is 4.79 Å². The summed E-state index contributed by atoms with van der Waals surface area (Å²) in [6.45, 7) is 1.98. The number of ether oxygens (including phenoxy) is 1. The number of carbonyl (C=O) groups is 1. The number of halogens is 1. The number of methoxy groups -OCH3 is 1. The average molecular weight is 310 g/mol. The van der Waals surface area contributed by atoms with Gasteiger partial charge in [-0.25, -0.2) is 0 Å². The summed E-state index contributed by atoms with van der Waals surface area (Å²) in [4.78, 5) is 14.7. The predicted octanol–water partition coefficient (Wildman–Crippen LogP) is 4.24. The van der Waals surface area contributed by atoms with Gasteiger partial charge in [-0.05, 0) is 25.1 Å². The first-order valence-corrected chi connectivity index (χ1v) is 7.39. The third-order valence-electron chi connectivity index (χ3n) is 3.27. The molecule has 0 aliphatic rings. The van der Waals surface area contributed by atoms with Crippen molar-refractivity contribution in [3.8, 4) is 5.75 Å². The topological polar surface area (TPSA) is 29.5 Å². The molecule has 0 aliphatic heterocycles. The van der Waals surface area contributed by atoms with Gasteiger partial charge in [0.1, 0.15) is 5.75 Å². The van der Waals surface area contributed by atoms with Crippen molar-refractivity contribution in [2.45, 2.75) is 13.0 Å². The van der Waals surface area contributed by atoms with Gasteiger partial charge >= 0.3 is 0 Å². The molecule has 106 valence electrons. The monoisotopic (exact) mass is 309 g/mol. The SMILES string of the molecule is COc1ccccc1[C@H](C)N(C)C(=O)c1ccc(Cl)s1. The maximum Gasteiger partial charge on any atom is 0.264 e. The highest BCUT2D eigenvalue weighted by Gasteiger charge is 2.22. The highest BCUT2D eigenvalue weighted by atomic mass is 35.5. The summed E-state index contributed by atoms with van der Waals surface area (Å²) in [7, 11) is 3.42. The third-order valence-corrected chi connectivity index (χ3v) is 4.49. The van der Waals surface area contributed by atoms with Crippen molar-refractivity contribution >= 4 is 28.8 Å². The van der Waals surface area contributed by atoms with Crippen LogP contribution in [0.25, 0.3) is 0 Å². The van der Waals surface area contributed by atoms with Gasteiger partial charge in [0.25, 0.3) is 5.91 Å². The molecule has 0 saturated heterocycles. The van der Waals surface area contributed by atoms with Crippen molar-refractivity contribution in [2.75, 3.05) is 14.2 Å². The number of para-hydroxylation sites is 1. The van der Waals surface area contributed by atoms with Gasteiger partial charge in [-0.1, -0.05) is 29.8 Å². The van der Waals surface area contributed by atoms with Crippen LogP contribution < -0.4 is 4.74 Å². The first-order chi connectivity index (χ1) is 9.54. The highest BCUT2D eigenvalue weighted by Crippen LogP contribution is 2.30. The summed E-state index contributed by atoms with van der Waals surface area (Å²) >= 11 is 7.17. The lowest BCUT2D eigenvalue weighted by Gasteiger charge is -2.26.